The van der Waals surface area contributed by atoms with Gasteiger partial charge in [0.05, 0.1) is 22.3 Å². The van der Waals surface area contributed by atoms with Crippen LogP contribution in [0.3, 0.4) is 0 Å². The summed E-state index contributed by atoms with van der Waals surface area (Å²) in [5.41, 5.74) is 3.40. The molecule has 0 spiro atoms. The summed E-state index contributed by atoms with van der Waals surface area (Å²) in [6, 6.07) is 10.9. The van der Waals surface area contributed by atoms with E-state index in [9.17, 15) is 4.79 Å². The van der Waals surface area contributed by atoms with Gasteiger partial charge in [-0.3, -0.25) is 0 Å². The molecule has 0 fully saturated rings. The van der Waals surface area contributed by atoms with Crippen molar-refractivity contribution in [1.29, 1.82) is 0 Å². The number of fused-ring (bicyclic) bond motifs is 3. The van der Waals surface area contributed by atoms with Crippen molar-refractivity contribution in [3.63, 3.8) is 0 Å². The molecule has 2 aromatic carbocycles. The quantitative estimate of drug-likeness (QED) is 0.694. The zero-order valence-corrected chi connectivity index (χ0v) is 14.2. The van der Waals surface area contributed by atoms with Gasteiger partial charge in [-0.1, -0.05) is 47.5 Å². The Balaban J connectivity index is 1.76. The molecule has 0 amide bonds. The van der Waals surface area contributed by atoms with Crippen LogP contribution in [0.4, 0.5) is 5.69 Å². The number of carboxylic acid groups (broad SMARTS) is 1. The Kier molecular flexibility index (Phi) is 3.78. The number of hydrogen-bond donors (Lipinski definition) is 2. The van der Waals surface area contributed by atoms with Crippen LogP contribution in [0.2, 0.25) is 10.0 Å². The van der Waals surface area contributed by atoms with E-state index in [1.54, 1.807) is 18.2 Å². The first-order chi connectivity index (χ1) is 11.5. The minimum Gasteiger partial charge on any atom is -0.478 e. The van der Waals surface area contributed by atoms with Crippen molar-refractivity contribution >= 4 is 34.9 Å². The maximum atomic E-state index is 11.1. The fourth-order valence-corrected chi connectivity index (χ4v) is 4.35. The van der Waals surface area contributed by atoms with Gasteiger partial charge in [0.2, 0.25) is 0 Å². The molecule has 2 aliphatic rings. The Morgan fingerprint density at radius 2 is 1.92 bits per heavy atom. The van der Waals surface area contributed by atoms with Crippen LogP contribution in [-0.4, -0.2) is 11.1 Å². The third-order valence-electron chi connectivity index (χ3n) is 4.90. The van der Waals surface area contributed by atoms with E-state index < -0.39 is 5.97 Å². The van der Waals surface area contributed by atoms with Gasteiger partial charge in [0, 0.05) is 10.9 Å². The Bertz CT molecular complexity index is 845. The fraction of sp³-hybridized carbons (Fsp3) is 0.211. The fourth-order valence-electron chi connectivity index (χ4n) is 3.78. The molecule has 0 saturated heterocycles. The molecule has 1 aliphatic carbocycles. The Morgan fingerprint density at radius 3 is 2.62 bits per heavy atom. The normalized spacial score (nSPS) is 24.2. The van der Waals surface area contributed by atoms with Gasteiger partial charge in [0.15, 0.2) is 0 Å². The summed E-state index contributed by atoms with van der Waals surface area (Å²) < 4.78 is 0. The van der Waals surface area contributed by atoms with E-state index in [1.807, 2.05) is 18.2 Å². The standard InChI is InChI=1S/C19H15Cl2NO2/c20-12-8-15-13-2-1-3-14(13)17(22-18(15)16(21)9-12)10-4-6-11(7-5-10)19(23)24/h1-2,4-9,13-14,17,22H,3H2,(H,23,24). The molecule has 1 aliphatic heterocycles. The molecular weight excluding hydrogens is 345 g/mol. The SMILES string of the molecule is O=C(O)c1ccc(C2Nc3c(Cl)cc(Cl)cc3C3C=CCC32)cc1. The van der Waals surface area contributed by atoms with Crippen LogP contribution in [0.5, 0.6) is 0 Å². The number of benzene rings is 2. The number of nitrogens with one attached hydrogen (secondary N) is 1. The number of anilines is 1. The number of carbonyl (C=O) groups is 1. The number of carboxylic acids is 1. The Labute approximate surface area is 149 Å². The second-order valence-electron chi connectivity index (χ2n) is 6.25. The predicted molar refractivity (Wildman–Crippen MR) is 96.2 cm³/mol. The smallest absolute Gasteiger partial charge is 0.335 e. The molecule has 3 nitrogen and oxygen atoms in total. The number of allylic oxidation sites excluding steroid dienone is 2. The molecule has 3 unspecified atom stereocenters. The second-order valence-corrected chi connectivity index (χ2v) is 7.10. The molecule has 4 rings (SSSR count). The molecule has 122 valence electrons. The molecule has 0 bridgehead atoms. The summed E-state index contributed by atoms with van der Waals surface area (Å²) in [5.74, 6) is -0.286. The lowest BCUT2D eigenvalue weighted by atomic mass is 9.77. The summed E-state index contributed by atoms with van der Waals surface area (Å²) >= 11 is 12.6. The van der Waals surface area contributed by atoms with Crippen molar-refractivity contribution in [1.82, 2.24) is 0 Å². The lowest BCUT2D eigenvalue weighted by molar-refractivity contribution is 0.0697. The van der Waals surface area contributed by atoms with Crippen molar-refractivity contribution in [2.45, 2.75) is 18.4 Å². The van der Waals surface area contributed by atoms with Gasteiger partial charge in [-0.15, -0.1) is 0 Å². The highest BCUT2D eigenvalue weighted by Crippen LogP contribution is 2.52. The summed E-state index contributed by atoms with van der Waals surface area (Å²) in [5, 5.41) is 13.9. The topological polar surface area (TPSA) is 49.3 Å². The monoisotopic (exact) mass is 359 g/mol. The minimum absolute atomic E-state index is 0.0824. The molecule has 0 radical (unpaired) electrons. The van der Waals surface area contributed by atoms with Crippen LogP contribution in [-0.2, 0) is 0 Å². The van der Waals surface area contributed by atoms with Gasteiger partial charge in [-0.25, -0.2) is 4.79 Å². The maximum Gasteiger partial charge on any atom is 0.335 e. The summed E-state index contributed by atoms with van der Waals surface area (Å²) in [6.45, 7) is 0. The number of halogens is 2. The molecule has 1 heterocycles. The van der Waals surface area contributed by atoms with Crippen LogP contribution in [0.1, 0.15) is 39.9 Å². The van der Waals surface area contributed by atoms with Crippen molar-refractivity contribution in [2.75, 3.05) is 5.32 Å². The lowest BCUT2D eigenvalue weighted by Crippen LogP contribution is -2.29. The minimum atomic E-state index is -0.915. The highest BCUT2D eigenvalue weighted by Gasteiger charge is 2.38. The molecule has 5 heteroatoms. The molecule has 2 N–H and O–H groups in total. The predicted octanol–water partition coefficient (Wildman–Crippen LogP) is 5.52. The number of rotatable bonds is 2. The van der Waals surface area contributed by atoms with E-state index in [4.69, 9.17) is 28.3 Å². The van der Waals surface area contributed by atoms with Crippen LogP contribution in [0.25, 0.3) is 0 Å². The van der Waals surface area contributed by atoms with Crippen molar-refractivity contribution < 1.29 is 9.90 Å². The van der Waals surface area contributed by atoms with Gasteiger partial charge < -0.3 is 10.4 Å². The largest absolute Gasteiger partial charge is 0.478 e. The molecule has 0 aromatic heterocycles. The van der Waals surface area contributed by atoms with Crippen LogP contribution >= 0.6 is 23.2 Å². The first kappa shape index (κ1) is 15.6. The second kappa shape index (κ2) is 5.83. The molecular formula is C19H15Cl2NO2. The van der Waals surface area contributed by atoms with E-state index in [-0.39, 0.29) is 12.0 Å². The van der Waals surface area contributed by atoms with Gasteiger partial charge >= 0.3 is 5.97 Å². The highest BCUT2D eigenvalue weighted by molar-refractivity contribution is 6.36. The van der Waals surface area contributed by atoms with Crippen molar-refractivity contribution in [3.05, 3.63) is 75.3 Å². The molecule has 0 saturated carbocycles. The van der Waals surface area contributed by atoms with Gasteiger partial charge in [0.1, 0.15) is 0 Å². The zero-order valence-electron chi connectivity index (χ0n) is 12.7. The van der Waals surface area contributed by atoms with Crippen LogP contribution in [0, 0.1) is 5.92 Å². The molecule has 24 heavy (non-hydrogen) atoms. The summed E-state index contributed by atoms with van der Waals surface area (Å²) in [7, 11) is 0. The zero-order chi connectivity index (χ0) is 16.8. The van der Waals surface area contributed by atoms with Gasteiger partial charge in [-0.2, -0.15) is 0 Å². The third-order valence-corrected chi connectivity index (χ3v) is 5.42. The third kappa shape index (κ3) is 2.48. The average Bonchev–Trinajstić information content (AvgIpc) is 3.04. The summed E-state index contributed by atoms with van der Waals surface area (Å²) in [4.78, 5) is 11.1. The van der Waals surface area contributed by atoms with Crippen LogP contribution < -0.4 is 5.32 Å². The lowest BCUT2D eigenvalue weighted by Gasteiger charge is -2.38. The van der Waals surface area contributed by atoms with E-state index in [0.29, 0.717) is 21.5 Å². The van der Waals surface area contributed by atoms with Gasteiger partial charge in [0.25, 0.3) is 0 Å². The van der Waals surface area contributed by atoms with E-state index in [2.05, 4.69) is 17.5 Å². The van der Waals surface area contributed by atoms with E-state index >= 15 is 0 Å². The number of aromatic carboxylic acids is 1. The first-order valence-corrected chi connectivity index (χ1v) is 8.55. The highest BCUT2D eigenvalue weighted by atomic mass is 35.5. The van der Waals surface area contributed by atoms with E-state index in [0.717, 1.165) is 23.2 Å². The first-order valence-electron chi connectivity index (χ1n) is 7.80. The van der Waals surface area contributed by atoms with E-state index in [1.165, 1.54) is 0 Å². The average molecular weight is 360 g/mol. The van der Waals surface area contributed by atoms with Gasteiger partial charge in [-0.05, 0) is 47.7 Å². The Morgan fingerprint density at radius 1 is 1.17 bits per heavy atom. The maximum absolute atomic E-state index is 11.1. The number of hydrogen-bond acceptors (Lipinski definition) is 2. The summed E-state index contributed by atoms with van der Waals surface area (Å²) in [6.07, 6.45) is 5.38. The molecule has 3 atom stereocenters. The molecule has 2 aromatic rings. The van der Waals surface area contributed by atoms with Crippen molar-refractivity contribution in [2.24, 2.45) is 5.92 Å². The van der Waals surface area contributed by atoms with Crippen LogP contribution in [0.15, 0.2) is 48.6 Å². The van der Waals surface area contributed by atoms with Crippen molar-refractivity contribution in [3.8, 4) is 0 Å². The Hall–Kier alpha value is -1.97.